The first-order valence-electron chi connectivity index (χ1n) is 7.56. The van der Waals surface area contributed by atoms with E-state index in [2.05, 4.69) is 10.6 Å². The maximum Gasteiger partial charge on any atom is 0.416 e. The van der Waals surface area contributed by atoms with Crippen LogP contribution in [0.15, 0.2) is 42.5 Å². The van der Waals surface area contributed by atoms with E-state index < -0.39 is 27.6 Å². The normalized spacial score (nSPS) is 13.0. The van der Waals surface area contributed by atoms with E-state index in [-0.39, 0.29) is 16.3 Å². The molecule has 0 saturated carbocycles. The summed E-state index contributed by atoms with van der Waals surface area (Å²) in [5.41, 5.74) is -0.899. The molecule has 0 aliphatic heterocycles. The fourth-order valence-corrected chi connectivity index (χ4v) is 2.62. The van der Waals surface area contributed by atoms with Crippen molar-refractivity contribution in [2.24, 2.45) is 0 Å². The lowest BCUT2D eigenvalue weighted by molar-refractivity contribution is -0.137. The van der Waals surface area contributed by atoms with Crippen molar-refractivity contribution in [1.82, 2.24) is 5.32 Å². The summed E-state index contributed by atoms with van der Waals surface area (Å²) in [4.78, 5) is 12.4. The van der Waals surface area contributed by atoms with Gasteiger partial charge in [0.2, 0.25) is 3.79 Å². The van der Waals surface area contributed by atoms with Gasteiger partial charge in [-0.1, -0.05) is 46.4 Å². The van der Waals surface area contributed by atoms with Gasteiger partial charge in [-0.05, 0) is 42.5 Å². The second-order valence-electron chi connectivity index (χ2n) is 5.51. The van der Waals surface area contributed by atoms with Gasteiger partial charge in [0.05, 0.1) is 23.4 Å². The number of amides is 1. The van der Waals surface area contributed by atoms with Gasteiger partial charge in [-0.2, -0.15) is 13.2 Å². The van der Waals surface area contributed by atoms with Gasteiger partial charge >= 0.3 is 6.18 Å². The molecule has 2 aromatic rings. The van der Waals surface area contributed by atoms with Crippen molar-refractivity contribution < 1.29 is 22.7 Å². The quantitative estimate of drug-likeness (QED) is 0.417. The van der Waals surface area contributed by atoms with Crippen molar-refractivity contribution in [1.29, 1.82) is 0 Å². The second kappa shape index (κ2) is 8.86. The minimum absolute atomic E-state index is 0.0500. The van der Waals surface area contributed by atoms with E-state index in [1.807, 2.05) is 0 Å². The number of hydrogen-bond donors (Lipinski definition) is 2. The summed E-state index contributed by atoms with van der Waals surface area (Å²) in [6, 6.07) is 8.67. The van der Waals surface area contributed by atoms with Crippen molar-refractivity contribution in [2.45, 2.75) is 16.1 Å². The fraction of sp³-hybridized carbons (Fsp3) is 0.235. The smallest absolute Gasteiger partial charge is 0.416 e. The Bertz CT molecular complexity index is 840. The molecule has 0 spiro atoms. The van der Waals surface area contributed by atoms with Gasteiger partial charge in [0.15, 0.2) is 0 Å². The van der Waals surface area contributed by atoms with Crippen molar-refractivity contribution in [3.05, 3.63) is 58.6 Å². The lowest BCUT2D eigenvalue weighted by Gasteiger charge is -2.28. The number of carbonyl (C=O) groups is 1. The molecule has 0 aliphatic rings. The molecule has 1 unspecified atom stereocenters. The molecule has 152 valence electrons. The van der Waals surface area contributed by atoms with Gasteiger partial charge < -0.3 is 15.4 Å². The molecule has 2 aromatic carbocycles. The molecule has 4 nitrogen and oxygen atoms in total. The van der Waals surface area contributed by atoms with E-state index in [4.69, 9.17) is 51.1 Å². The Balaban J connectivity index is 2.26. The van der Waals surface area contributed by atoms with Crippen LogP contribution in [0.25, 0.3) is 0 Å². The van der Waals surface area contributed by atoms with Crippen molar-refractivity contribution >= 4 is 58.0 Å². The van der Waals surface area contributed by atoms with E-state index >= 15 is 0 Å². The molecule has 0 aliphatic carbocycles. The topological polar surface area (TPSA) is 50.4 Å². The Morgan fingerprint density at radius 3 is 2.18 bits per heavy atom. The van der Waals surface area contributed by atoms with Crippen molar-refractivity contribution in [3.8, 4) is 5.75 Å². The molecule has 2 rings (SSSR count). The highest BCUT2D eigenvalue weighted by molar-refractivity contribution is 6.68. The lowest BCUT2D eigenvalue weighted by Crippen LogP contribution is -2.49. The third-order valence-corrected chi connectivity index (χ3v) is 4.53. The predicted octanol–water partition coefficient (Wildman–Crippen LogP) is 5.91. The molecular weight excluding hydrogens is 463 g/mol. The number of nitrogens with one attached hydrogen (secondary N) is 2. The molecule has 0 saturated heterocycles. The number of methoxy groups -OCH3 is 1. The van der Waals surface area contributed by atoms with Crippen LogP contribution in [0.5, 0.6) is 5.75 Å². The molecule has 0 fully saturated rings. The molecule has 11 heteroatoms. The summed E-state index contributed by atoms with van der Waals surface area (Å²) in [5.74, 6) is -0.0991. The van der Waals surface area contributed by atoms with Gasteiger partial charge in [-0.25, -0.2) is 0 Å². The number of carbonyl (C=O) groups excluding carboxylic acids is 1. The average Bonchev–Trinajstić information content (AvgIpc) is 2.61. The summed E-state index contributed by atoms with van der Waals surface area (Å²) in [5, 5.41) is 4.91. The first-order chi connectivity index (χ1) is 12.9. The minimum Gasteiger partial charge on any atom is -0.497 e. The summed E-state index contributed by atoms with van der Waals surface area (Å²) in [7, 11) is 1.47. The zero-order valence-corrected chi connectivity index (χ0v) is 17.1. The van der Waals surface area contributed by atoms with E-state index in [1.165, 1.54) is 19.2 Å². The van der Waals surface area contributed by atoms with E-state index in [0.717, 1.165) is 18.2 Å². The fourth-order valence-electron chi connectivity index (χ4n) is 2.12. The number of ether oxygens (including phenoxy) is 1. The monoisotopic (exact) mass is 474 g/mol. The summed E-state index contributed by atoms with van der Waals surface area (Å²) in [6.45, 7) is 0. The second-order valence-corrected chi connectivity index (χ2v) is 8.29. The van der Waals surface area contributed by atoms with Crippen LogP contribution in [-0.2, 0) is 6.18 Å². The average molecular weight is 476 g/mol. The molecule has 0 bridgehead atoms. The van der Waals surface area contributed by atoms with E-state index in [9.17, 15) is 18.0 Å². The molecule has 1 atom stereocenters. The van der Waals surface area contributed by atoms with Crippen LogP contribution in [-0.4, -0.2) is 23.0 Å². The Kier molecular flexibility index (Phi) is 7.20. The number of hydrogen-bond acceptors (Lipinski definition) is 3. The number of alkyl halides is 6. The third kappa shape index (κ3) is 5.98. The molecule has 0 aromatic heterocycles. The zero-order chi connectivity index (χ0) is 21.1. The molecule has 1 amide bonds. The number of halogens is 7. The van der Waals surface area contributed by atoms with Gasteiger partial charge in [0, 0.05) is 5.56 Å². The lowest BCUT2D eigenvalue weighted by atomic mass is 10.2. The Labute approximate surface area is 178 Å². The number of benzene rings is 2. The Morgan fingerprint density at radius 1 is 1.07 bits per heavy atom. The highest BCUT2D eigenvalue weighted by atomic mass is 35.6. The van der Waals surface area contributed by atoms with Gasteiger partial charge in [0.1, 0.15) is 11.9 Å². The largest absolute Gasteiger partial charge is 0.497 e. The van der Waals surface area contributed by atoms with Crippen LogP contribution in [0.2, 0.25) is 5.02 Å². The van der Waals surface area contributed by atoms with Crippen LogP contribution in [0.4, 0.5) is 18.9 Å². The van der Waals surface area contributed by atoms with Crippen LogP contribution >= 0.6 is 46.4 Å². The highest BCUT2D eigenvalue weighted by Crippen LogP contribution is 2.36. The molecule has 0 heterocycles. The molecule has 28 heavy (non-hydrogen) atoms. The highest BCUT2D eigenvalue weighted by Gasteiger charge is 2.36. The van der Waals surface area contributed by atoms with Gasteiger partial charge in [0.25, 0.3) is 5.91 Å². The predicted molar refractivity (Wildman–Crippen MR) is 105 cm³/mol. The number of rotatable bonds is 5. The van der Waals surface area contributed by atoms with Crippen LogP contribution in [0.3, 0.4) is 0 Å². The summed E-state index contributed by atoms with van der Waals surface area (Å²) < 4.78 is 41.7. The van der Waals surface area contributed by atoms with Gasteiger partial charge in [-0.15, -0.1) is 0 Å². The molecule has 0 radical (unpaired) electrons. The van der Waals surface area contributed by atoms with E-state index in [1.54, 1.807) is 12.1 Å². The summed E-state index contributed by atoms with van der Waals surface area (Å²) in [6.07, 6.45) is -5.98. The first-order valence-corrected chi connectivity index (χ1v) is 9.08. The standard InChI is InChI=1S/C17H13Cl4F3N2O2/c1-28-11-5-2-9(3-6-11)14(27)26-15(16(19,20)21)25-13-8-10(17(22,23)24)4-7-12(13)18/h2-8,15,25H,1H3,(H,26,27). The number of anilines is 1. The van der Waals surface area contributed by atoms with E-state index in [0.29, 0.717) is 5.75 Å². The maximum absolute atomic E-state index is 12.9. The van der Waals surface area contributed by atoms with Gasteiger partial charge in [-0.3, -0.25) is 4.79 Å². The van der Waals surface area contributed by atoms with Crippen LogP contribution < -0.4 is 15.4 Å². The maximum atomic E-state index is 12.9. The Morgan fingerprint density at radius 2 is 1.68 bits per heavy atom. The van der Waals surface area contributed by atoms with Crippen molar-refractivity contribution in [3.63, 3.8) is 0 Å². The van der Waals surface area contributed by atoms with Crippen molar-refractivity contribution in [2.75, 3.05) is 12.4 Å². The summed E-state index contributed by atoms with van der Waals surface area (Å²) >= 11 is 23.6. The zero-order valence-electron chi connectivity index (χ0n) is 14.1. The van der Waals surface area contributed by atoms with Crippen LogP contribution in [0, 0.1) is 0 Å². The van der Waals surface area contributed by atoms with Crippen LogP contribution in [0.1, 0.15) is 15.9 Å². The third-order valence-electron chi connectivity index (χ3n) is 3.55. The minimum atomic E-state index is -4.59. The Hall–Kier alpha value is -1.54. The molecular formula is C17H13Cl4F3N2O2. The SMILES string of the molecule is COc1ccc(C(=O)NC(Nc2cc(C(F)(F)F)ccc2Cl)C(Cl)(Cl)Cl)cc1. The first kappa shape index (κ1) is 22.7. The molecule has 2 N–H and O–H groups in total.